The number of hydrogen-bond donors (Lipinski definition) is 1. The number of nitrogens with one attached hydrogen (secondary N) is 1. The van der Waals surface area contributed by atoms with Crippen molar-refractivity contribution in [3.05, 3.63) is 65.7 Å². The Morgan fingerprint density at radius 1 is 0.967 bits per heavy atom. The number of rotatable bonds is 5. The minimum Gasteiger partial charge on any atom is -0.497 e. The van der Waals surface area contributed by atoms with Crippen LogP contribution in [0.25, 0.3) is 0 Å². The maximum Gasteiger partial charge on any atom is 0.325 e. The molecular formula is C24H29N3O3. The van der Waals surface area contributed by atoms with Gasteiger partial charge >= 0.3 is 6.03 Å². The highest BCUT2D eigenvalue weighted by molar-refractivity contribution is 6.07. The van der Waals surface area contributed by atoms with Crippen molar-refractivity contribution in [2.24, 2.45) is 0 Å². The molecule has 3 amide bonds. The molecule has 6 nitrogen and oxygen atoms in total. The van der Waals surface area contributed by atoms with Crippen molar-refractivity contribution < 1.29 is 14.3 Å². The first-order chi connectivity index (χ1) is 14.4. The van der Waals surface area contributed by atoms with Gasteiger partial charge in [0.25, 0.3) is 5.91 Å². The average molecular weight is 408 g/mol. The zero-order valence-corrected chi connectivity index (χ0v) is 17.9. The Kier molecular flexibility index (Phi) is 5.28. The molecule has 0 unspecified atom stereocenters. The van der Waals surface area contributed by atoms with Crippen LogP contribution in [0.3, 0.4) is 0 Å². The van der Waals surface area contributed by atoms with Gasteiger partial charge in [0.2, 0.25) is 0 Å². The number of carbonyl (C=O) groups excluding carboxylic acids is 2. The number of methoxy groups -OCH3 is 1. The van der Waals surface area contributed by atoms with E-state index in [0.717, 1.165) is 24.2 Å². The number of nitrogens with zero attached hydrogens (tertiary/aromatic N) is 2. The summed E-state index contributed by atoms with van der Waals surface area (Å²) < 4.78 is 5.18. The Hall–Kier alpha value is -2.86. The molecule has 4 rings (SSSR count). The Bertz CT molecular complexity index is 916. The lowest BCUT2D eigenvalue weighted by Gasteiger charge is -2.48. The number of urea groups is 1. The highest BCUT2D eigenvalue weighted by atomic mass is 16.5. The minimum absolute atomic E-state index is 0.108. The molecule has 6 heteroatoms. The van der Waals surface area contributed by atoms with Crippen LogP contribution in [0.15, 0.2) is 54.6 Å². The predicted molar refractivity (Wildman–Crippen MR) is 115 cm³/mol. The Balaban J connectivity index is 1.52. The third-order valence-electron chi connectivity index (χ3n) is 6.84. The second kappa shape index (κ2) is 7.76. The van der Waals surface area contributed by atoms with E-state index in [4.69, 9.17) is 4.74 Å². The van der Waals surface area contributed by atoms with Crippen LogP contribution in [0.2, 0.25) is 0 Å². The summed E-state index contributed by atoms with van der Waals surface area (Å²) in [5.74, 6) is 0.643. The van der Waals surface area contributed by atoms with Crippen LogP contribution in [0, 0.1) is 0 Å². The fourth-order valence-corrected chi connectivity index (χ4v) is 4.91. The number of ether oxygens (including phenoxy) is 1. The van der Waals surface area contributed by atoms with E-state index in [0.29, 0.717) is 12.8 Å². The fourth-order valence-electron chi connectivity index (χ4n) is 4.91. The van der Waals surface area contributed by atoms with Crippen LogP contribution in [0.5, 0.6) is 5.75 Å². The van der Waals surface area contributed by atoms with Crippen LogP contribution < -0.4 is 10.1 Å². The van der Waals surface area contributed by atoms with Crippen LogP contribution in [0.4, 0.5) is 4.79 Å². The molecule has 0 aromatic heterocycles. The van der Waals surface area contributed by atoms with Crippen LogP contribution >= 0.6 is 0 Å². The van der Waals surface area contributed by atoms with Crippen molar-refractivity contribution in [2.45, 2.75) is 43.3 Å². The largest absolute Gasteiger partial charge is 0.497 e. The Labute approximate surface area is 177 Å². The van der Waals surface area contributed by atoms with Crippen molar-refractivity contribution in [2.75, 3.05) is 21.2 Å². The van der Waals surface area contributed by atoms with E-state index in [9.17, 15) is 9.59 Å². The Morgan fingerprint density at radius 3 is 2.17 bits per heavy atom. The quantitative estimate of drug-likeness (QED) is 0.771. The summed E-state index contributed by atoms with van der Waals surface area (Å²) in [4.78, 5) is 29.7. The molecule has 1 aliphatic carbocycles. The number of benzene rings is 2. The van der Waals surface area contributed by atoms with Crippen molar-refractivity contribution in [3.63, 3.8) is 0 Å². The first-order valence-electron chi connectivity index (χ1n) is 10.4. The van der Waals surface area contributed by atoms with E-state index in [1.807, 2.05) is 30.3 Å². The van der Waals surface area contributed by atoms with Crippen molar-refractivity contribution in [1.82, 2.24) is 15.1 Å². The van der Waals surface area contributed by atoms with Crippen LogP contribution in [-0.4, -0.2) is 48.5 Å². The van der Waals surface area contributed by atoms with Gasteiger partial charge in [-0.1, -0.05) is 42.5 Å². The molecule has 0 bridgehead atoms. The van der Waals surface area contributed by atoms with Gasteiger partial charge in [0, 0.05) is 5.54 Å². The van der Waals surface area contributed by atoms with Gasteiger partial charge in [-0.25, -0.2) is 4.79 Å². The van der Waals surface area contributed by atoms with Gasteiger partial charge < -0.3 is 10.1 Å². The van der Waals surface area contributed by atoms with E-state index < -0.39 is 5.54 Å². The zero-order valence-electron chi connectivity index (χ0n) is 17.9. The van der Waals surface area contributed by atoms with Gasteiger partial charge in [0.15, 0.2) is 0 Å². The fraction of sp³-hybridized carbons (Fsp3) is 0.417. The van der Waals surface area contributed by atoms with Gasteiger partial charge in [-0.15, -0.1) is 0 Å². The van der Waals surface area contributed by atoms with Crippen LogP contribution in [-0.2, 0) is 16.9 Å². The molecule has 1 heterocycles. The molecule has 1 aliphatic heterocycles. The molecule has 2 aliphatic rings. The average Bonchev–Trinajstić information content (AvgIpc) is 2.99. The zero-order chi connectivity index (χ0) is 21.4. The first-order valence-corrected chi connectivity index (χ1v) is 10.4. The number of carbonyl (C=O) groups is 2. The van der Waals surface area contributed by atoms with Gasteiger partial charge in [0.05, 0.1) is 13.7 Å². The highest BCUT2D eigenvalue weighted by Gasteiger charge is 2.55. The van der Waals surface area contributed by atoms with Crippen LogP contribution in [0.1, 0.15) is 36.8 Å². The predicted octanol–water partition coefficient (Wildman–Crippen LogP) is 3.52. The molecule has 1 saturated carbocycles. The van der Waals surface area contributed by atoms with Gasteiger partial charge in [-0.05, 0) is 63.0 Å². The van der Waals surface area contributed by atoms with E-state index in [1.165, 1.54) is 10.5 Å². The first kappa shape index (κ1) is 20.4. The molecule has 2 aromatic carbocycles. The molecule has 2 aromatic rings. The van der Waals surface area contributed by atoms with E-state index >= 15 is 0 Å². The normalized spacial score (nSPS) is 26.3. The monoisotopic (exact) mass is 407 g/mol. The molecule has 1 N–H and O–H groups in total. The number of hydrogen-bond acceptors (Lipinski definition) is 4. The van der Waals surface area contributed by atoms with Gasteiger partial charge in [-0.3, -0.25) is 14.6 Å². The second-order valence-corrected chi connectivity index (χ2v) is 8.54. The SMILES string of the molecule is COc1ccc(CN2C(=O)N[C@]3(CC[C@@](c4ccccc4)(N(C)C)CC3)C2=O)cc1. The summed E-state index contributed by atoms with van der Waals surface area (Å²) >= 11 is 0. The standard InChI is InChI=1S/C24H29N3O3/c1-26(2)24(19-7-5-4-6-8-19)15-13-23(14-16-24)21(28)27(22(29)25-23)17-18-9-11-20(30-3)12-10-18/h4-12H,13-17H2,1-3H3,(H,25,29)/t23-,24+. The molecule has 30 heavy (non-hydrogen) atoms. The van der Waals surface area contributed by atoms with E-state index in [2.05, 4.69) is 48.6 Å². The van der Waals surface area contributed by atoms with Crippen molar-refractivity contribution in [1.29, 1.82) is 0 Å². The van der Waals surface area contributed by atoms with E-state index in [-0.39, 0.29) is 24.0 Å². The maximum atomic E-state index is 13.3. The summed E-state index contributed by atoms with van der Waals surface area (Å²) in [6, 6.07) is 17.6. The van der Waals surface area contributed by atoms with Crippen molar-refractivity contribution >= 4 is 11.9 Å². The third-order valence-corrected chi connectivity index (χ3v) is 6.84. The molecule has 158 valence electrons. The number of amides is 3. The smallest absolute Gasteiger partial charge is 0.325 e. The van der Waals surface area contributed by atoms with Crippen molar-refractivity contribution in [3.8, 4) is 5.75 Å². The topological polar surface area (TPSA) is 61.9 Å². The van der Waals surface area contributed by atoms with E-state index in [1.54, 1.807) is 7.11 Å². The lowest BCUT2D eigenvalue weighted by molar-refractivity contribution is -0.134. The lowest BCUT2D eigenvalue weighted by Crippen LogP contribution is -2.55. The Morgan fingerprint density at radius 2 is 1.60 bits per heavy atom. The molecular weight excluding hydrogens is 378 g/mol. The maximum absolute atomic E-state index is 13.3. The molecule has 0 radical (unpaired) electrons. The molecule has 1 spiro atoms. The third kappa shape index (κ3) is 3.35. The summed E-state index contributed by atoms with van der Waals surface area (Å²) in [5, 5.41) is 3.03. The lowest BCUT2D eigenvalue weighted by atomic mass is 9.68. The molecule has 1 saturated heterocycles. The van der Waals surface area contributed by atoms with Gasteiger partial charge in [0.1, 0.15) is 11.3 Å². The summed E-state index contributed by atoms with van der Waals surface area (Å²) in [6.45, 7) is 0.272. The summed E-state index contributed by atoms with van der Waals surface area (Å²) in [7, 11) is 5.80. The van der Waals surface area contributed by atoms with Gasteiger partial charge in [-0.2, -0.15) is 0 Å². The highest BCUT2D eigenvalue weighted by Crippen LogP contribution is 2.46. The number of imide groups is 1. The summed E-state index contributed by atoms with van der Waals surface area (Å²) in [6.07, 6.45) is 2.88. The molecule has 2 fully saturated rings. The molecule has 0 atom stereocenters. The minimum atomic E-state index is -0.794. The second-order valence-electron chi connectivity index (χ2n) is 8.54. The summed E-state index contributed by atoms with van der Waals surface area (Å²) in [5.41, 5.74) is 1.24.